The van der Waals surface area contributed by atoms with Gasteiger partial charge in [0.05, 0.1) is 25.7 Å². The third-order valence-corrected chi connectivity index (χ3v) is 4.16. The molecule has 0 aliphatic carbocycles. The molecular formula is C17H16N4O4S. The topological polar surface area (TPSA) is 99.4 Å². The average molecular weight is 372 g/mol. The first-order valence-electron chi connectivity index (χ1n) is 7.58. The van der Waals surface area contributed by atoms with Crippen LogP contribution in [0.15, 0.2) is 52.4 Å². The molecule has 9 heteroatoms. The van der Waals surface area contributed by atoms with Crippen LogP contribution in [0.1, 0.15) is 0 Å². The Kier molecular flexibility index (Phi) is 5.69. The van der Waals surface area contributed by atoms with Crippen LogP contribution in [0.25, 0.3) is 11.5 Å². The van der Waals surface area contributed by atoms with Crippen LogP contribution >= 0.6 is 11.8 Å². The molecule has 0 fully saturated rings. The Labute approximate surface area is 153 Å². The zero-order valence-corrected chi connectivity index (χ0v) is 14.9. The van der Waals surface area contributed by atoms with Gasteiger partial charge in [-0.2, -0.15) is 0 Å². The highest BCUT2D eigenvalue weighted by Gasteiger charge is 2.13. The van der Waals surface area contributed by atoms with Crippen molar-refractivity contribution in [3.8, 4) is 23.0 Å². The lowest BCUT2D eigenvalue weighted by molar-refractivity contribution is -0.113. The minimum absolute atomic E-state index is 0.109. The Bertz CT molecular complexity index is 885. The molecule has 3 rings (SSSR count). The molecule has 1 N–H and O–H groups in total. The standard InChI is InChI=1S/C17H16N4O4S/c1-23-12-3-4-14(24-2)13(9-12)19-15(22)10-26-17-21-20-16(25-17)11-5-7-18-8-6-11/h3-9H,10H2,1-2H3,(H,19,22). The van der Waals surface area contributed by atoms with Gasteiger partial charge in [-0.05, 0) is 24.3 Å². The molecule has 3 aromatic rings. The minimum atomic E-state index is -0.231. The van der Waals surface area contributed by atoms with Crippen molar-refractivity contribution in [1.82, 2.24) is 15.2 Å². The smallest absolute Gasteiger partial charge is 0.277 e. The highest BCUT2D eigenvalue weighted by molar-refractivity contribution is 7.99. The molecule has 2 heterocycles. The molecule has 1 aromatic carbocycles. The van der Waals surface area contributed by atoms with E-state index in [0.717, 1.165) is 17.3 Å². The van der Waals surface area contributed by atoms with E-state index in [1.165, 1.54) is 7.11 Å². The summed E-state index contributed by atoms with van der Waals surface area (Å²) in [7, 11) is 3.09. The molecule has 0 radical (unpaired) electrons. The number of nitrogens with one attached hydrogen (secondary N) is 1. The number of benzene rings is 1. The van der Waals surface area contributed by atoms with Crippen molar-refractivity contribution in [1.29, 1.82) is 0 Å². The molecule has 1 amide bonds. The van der Waals surface area contributed by atoms with E-state index in [-0.39, 0.29) is 11.7 Å². The molecule has 0 saturated heterocycles. The lowest BCUT2D eigenvalue weighted by Crippen LogP contribution is -2.14. The Morgan fingerprint density at radius 1 is 1.15 bits per heavy atom. The van der Waals surface area contributed by atoms with Gasteiger partial charge in [0.2, 0.25) is 11.8 Å². The fraction of sp³-hybridized carbons (Fsp3) is 0.176. The summed E-state index contributed by atoms with van der Waals surface area (Å²) in [5, 5.41) is 11.0. The van der Waals surface area contributed by atoms with E-state index in [0.29, 0.717) is 28.3 Å². The van der Waals surface area contributed by atoms with Gasteiger partial charge < -0.3 is 19.2 Å². The maximum absolute atomic E-state index is 12.2. The number of ether oxygens (including phenoxy) is 2. The van der Waals surface area contributed by atoms with Crippen molar-refractivity contribution in [3.63, 3.8) is 0 Å². The van der Waals surface area contributed by atoms with Crippen LogP contribution in [-0.2, 0) is 4.79 Å². The quantitative estimate of drug-likeness (QED) is 0.632. The molecule has 134 valence electrons. The normalized spacial score (nSPS) is 10.4. The first-order valence-corrected chi connectivity index (χ1v) is 8.56. The highest BCUT2D eigenvalue weighted by atomic mass is 32.2. The number of carbonyl (C=O) groups excluding carboxylic acids is 1. The number of nitrogens with zero attached hydrogens (tertiary/aromatic N) is 3. The number of thioether (sulfide) groups is 1. The molecule has 0 spiro atoms. The van der Waals surface area contributed by atoms with Gasteiger partial charge in [0.1, 0.15) is 11.5 Å². The fourth-order valence-electron chi connectivity index (χ4n) is 2.10. The van der Waals surface area contributed by atoms with Gasteiger partial charge in [0, 0.05) is 24.0 Å². The third-order valence-electron chi connectivity index (χ3n) is 3.34. The first-order chi connectivity index (χ1) is 12.7. The summed E-state index contributed by atoms with van der Waals surface area (Å²) < 4.78 is 15.9. The molecule has 8 nitrogen and oxygen atoms in total. The highest BCUT2D eigenvalue weighted by Crippen LogP contribution is 2.29. The fourth-order valence-corrected chi connectivity index (χ4v) is 2.67. The van der Waals surface area contributed by atoms with Crippen molar-refractivity contribution >= 4 is 23.4 Å². The van der Waals surface area contributed by atoms with E-state index in [1.807, 2.05) is 0 Å². The van der Waals surface area contributed by atoms with Crippen LogP contribution in [0.3, 0.4) is 0 Å². The van der Waals surface area contributed by atoms with Crippen LogP contribution in [-0.4, -0.2) is 41.1 Å². The van der Waals surface area contributed by atoms with Crippen LogP contribution in [0.2, 0.25) is 0 Å². The number of amides is 1. The molecule has 0 bridgehead atoms. The molecule has 0 aliphatic heterocycles. The maximum Gasteiger partial charge on any atom is 0.277 e. The zero-order valence-electron chi connectivity index (χ0n) is 14.1. The third kappa shape index (κ3) is 4.31. The second kappa shape index (κ2) is 8.34. The van der Waals surface area contributed by atoms with Gasteiger partial charge in [-0.1, -0.05) is 11.8 Å². The van der Waals surface area contributed by atoms with Crippen LogP contribution in [0.4, 0.5) is 5.69 Å². The predicted molar refractivity (Wildman–Crippen MR) is 96.4 cm³/mol. The van der Waals surface area contributed by atoms with Crippen LogP contribution in [0.5, 0.6) is 11.5 Å². The Morgan fingerprint density at radius 2 is 1.96 bits per heavy atom. The van der Waals surface area contributed by atoms with Gasteiger partial charge in [-0.3, -0.25) is 9.78 Å². The lowest BCUT2D eigenvalue weighted by atomic mass is 10.2. The van der Waals surface area contributed by atoms with E-state index < -0.39 is 0 Å². The van der Waals surface area contributed by atoms with Crippen LogP contribution in [0, 0.1) is 0 Å². The predicted octanol–water partition coefficient (Wildman–Crippen LogP) is 2.88. The number of anilines is 1. The number of methoxy groups -OCH3 is 2. The summed E-state index contributed by atoms with van der Waals surface area (Å²) in [5.74, 6) is 1.42. The Hall–Kier alpha value is -3.07. The zero-order chi connectivity index (χ0) is 18.4. The van der Waals surface area contributed by atoms with E-state index in [1.54, 1.807) is 49.8 Å². The van der Waals surface area contributed by atoms with Gasteiger partial charge in [0.15, 0.2) is 0 Å². The monoisotopic (exact) mass is 372 g/mol. The molecule has 0 unspecified atom stereocenters. The first kappa shape index (κ1) is 17.7. The maximum atomic E-state index is 12.2. The molecular weight excluding hydrogens is 356 g/mol. The number of pyridine rings is 1. The van der Waals surface area contributed by atoms with E-state index in [2.05, 4.69) is 20.5 Å². The second-order valence-corrected chi connectivity index (χ2v) is 5.94. The molecule has 2 aromatic heterocycles. The number of rotatable bonds is 7. The molecule has 0 atom stereocenters. The van der Waals surface area contributed by atoms with Gasteiger partial charge in [-0.25, -0.2) is 0 Å². The summed E-state index contributed by atoms with van der Waals surface area (Å²) in [6, 6.07) is 8.70. The number of hydrogen-bond acceptors (Lipinski definition) is 8. The minimum Gasteiger partial charge on any atom is -0.497 e. The summed E-state index contributed by atoms with van der Waals surface area (Å²) in [4.78, 5) is 16.1. The largest absolute Gasteiger partial charge is 0.497 e. The van der Waals surface area contributed by atoms with Gasteiger partial charge in [-0.15, -0.1) is 10.2 Å². The van der Waals surface area contributed by atoms with Crippen molar-refractivity contribution in [2.75, 3.05) is 25.3 Å². The van der Waals surface area contributed by atoms with Crippen molar-refractivity contribution in [3.05, 3.63) is 42.7 Å². The second-order valence-electron chi connectivity index (χ2n) is 5.01. The SMILES string of the molecule is COc1ccc(OC)c(NC(=O)CSc2nnc(-c3ccncc3)o2)c1. The van der Waals surface area contributed by atoms with E-state index >= 15 is 0 Å². The Morgan fingerprint density at radius 3 is 2.69 bits per heavy atom. The van der Waals surface area contributed by atoms with E-state index in [4.69, 9.17) is 13.9 Å². The summed E-state index contributed by atoms with van der Waals surface area (Å²) in [5.41, 5.74) is 1.30. The number of carbonyl (C=O) groups is 1. The molecule has 26 heavy (non-hydrogen) atoms. The van der Waals surface area contributed by atoms with Gasteiger partial charge in [0.25, 0.3) is 5.22 Å². The molecule has 0 saturated carbocycles. The van der Waals surface area contributed by atoms with Crippen molar-refractivity contribution in [2.24, 2.45) is 0 Å². The summed E-state index contributed by atoms with van der Waals surface area (Å²) in [6.07, 6.45) is 3.28. The Balaban J connectivity index is 1.61. The van der Waals surface area contributed by atoms with Crippen molar-refractivity contribution in [2.45, 2.75) is 5.22 Å². The lowest BCUT2D eigenvalue weighted by Gasteiger charge is -2.11. The molecule has 0 aliphatic rings. The van der Waals surface area contributed by atoms with Crippen LogP contribution < -0.4 is 14.8 Å². The number of hydrogen-bond donors (Lipinski definition) is 1. The van der Waals surface area contributed by atoms with E-state index in [9.17, 15) is 4.79 Å². The summed E-state index contributed by atoms with van der Waals surface area (Å²) >= 11 is 1.15. The number of aromatic nitrogens is 3. The van der Waals surface area contributed by atoms with Crippen molar-refractivity contribution < 1.29 is 18.7 Å². The average Bonchev–Trinajstić information content (AvgIpc) is 3.16. The van der Waals surface area contributed by atoms with Gasteiger partial charge >= 0.3 is 0 Å². The summed E-state index contributed by atoms with van der Waals surface area (Å²) in [6.45, 7) is 0.